The maximum Gasteiger partial charge on any atom is 0.229 e. The summed E-state index contributed by atoms with van der Waals surface area (Å²) in [6.45, 7) is -0.210. The summed E-state index contributed by atoms with van der Waals surface area (Å²) < 4.78 is 12.8. The molecule has 0 aliphatic heterocycles. The van der Waals surface area contributed by atoms with E-state index >= 15 is 0 Å². The fraction of sp³-hybridized carbons (Fsp3) is 0.300. The van der Waals surface area contributed by atoms with Gasteiger partial charge in [-0.05, 0) is 18.2 Å². The van der Waals surface area contributed by atoms with Crippen LogP contribution in [0.25, 0.3) is 0 Å². The zero-order valence-corrected chi connectivity index (χ0v) is 8.96. The number of carbonyl (C=O) groups is 1. The Labute approximate surface area is 92.1 Å². The number of halogens is 2. The standard InChI is InChI=1S/C10H11ClFNO2/c1-13(10(15)4-5-14)7-2-3-9(12)8(11)6-7/h2-3,6,14H,4-5H2,1H3. The normalized spacial score (nSPS) is 10.1. The van der Waals surface area contributed by atoms with Crippen molar-refractivity contribution in [2.75, 3.05) is 18.6 Å². The number of hydrogen-bond acceptors (Lipinski definition) is 2. The molecule has 0 bridgehead atoms. The average molecular weight is 232 g/mol. The Morgan fingerprint density at radius 1 is 1.60 bits per heavy atom. The van der Waals surface area contributed by atoms with E-state index in [1.54, 1.807) is 7.05 Å². The van der Waals surface area contributed by atoms with Crippen LogP contribution in [0.4, 0.5) is 10.1 Å². The maximum absolute atomic E-state index is 12.8. The van der Waals surface area contributed by atoms with Crippen molar-refractivity contribution in [3.8, 4) is 0 Å². The van der Waals surface area contributed by atoms with E-state index in [1.165, 1.54) is 23.1 Å². The molecule has 0 saturated heterocycles. The van der Waals surface area contributed by atoms with Gasteiger partial charge < -0.3 is 10.0 Å². The summed E-state index contributed by atoms with van der Waals surface area (Å²) in [7, 11) is 1.54. The minimum Gasteiger partial charge on any atom is -0.396 e. The molecule has 1 rings (SSSR count). The van der Waals surface area contributed by atoms with Gasteiger partial charge in [0.1, 0.15) is 5.82 Å². The molecule has 0 fully saturated rings. The molecule has 0 aliphatic rings. The average Bonchev–Trinajstić information content (AvgIpc) is 2.21. The van der Waals surface area contributed by atoms with Gasteiger partial charge in [-0.1, -0.05) is 11.6 Å². The van der Waals surface area contributed by atoms with E-state index in [2.05, 4.69) is 0 Å². The van der Waals surface area contributed by atoms with E-state index in [-0.39, 0.29) is 24.0 Å². The van der Waals surface area contributed by atoms with Crippen LogP contribution >= 0.6 is 11.6 Å². The molecular weight excluding hydrogens is 221 g/mol. The lowest BCUT2D eigenvalue weighted by Crippen LogP contribution is -2.26. The molecule has 0 unspecified atom stereocenters. The smallest absolute Gasteiger partial charge is 0.229 e. The van der Waals surface area contributed by atoms with Gasteiger partial charge in [0, 0.05) is 12.7 Å². The van der Waals surface area contributed by atoms with Crippen molar-refractivity contribution in [2.45, 2.75) is 6.42 Å². The summed E-state index contributed by atoms with van der Waals surface area (Å²) in [6, 6.07) is 4.02. The molecule has 82 valence electrons. The number of rotatable bonds is 3. The number of amides is 1. The second-order valence-electron chi connectivity index (χ2n) is 3.02. The minimum atomic E-state index is -0.525. The van der Waals surface area contributed by atoms with Crippen LogP contribution in [-0.4, -0.2) is 24.7 Å². The Bertz CT molecular complexity index is 370. The minimum absolute atomic E-state index is 0.0313. The lowest BCUT2D eigenvalue weighted by molar-refractivity contribution is -0.118. The molecule has 1 aromatic carbocycles. The maximum atomic E-state index is 12.8. The van der Waals surface area contributed by atoms with Crippen molar-refractivity contribution >= 4 is 23.2 Å². The van der Waals surface area contributed by atoms with Gasteiger partial charge in [-0.3, -0.25) is 4.79 Å². The molecule has 0 saturated carbocycles. The predicted octanol–water partition coefficient (Wildman–Crippen LogP) is 1.82. The van der Waals surface area contributed by atoms with Crippen LogP contribution in [0.3, 0.4) is 0 Å². The summed E-state index contributed by atoms with van der Waals surface area (Å²) in [5, 5.41) is 8.57. The summed E-state index contributed by atoms with van der Waals surface area (Å²) in [5.74, 6) is -0.774. The van der Waals surface area contributed by atoms with Crippen LogP contribution in [0.2, 0.25) is 5.02 Å². The van der Waals surface area contributed by atoms with E-state index in [4.69, 9.17) is 16.7 Å². The highest BCUT2D eigenvalue weighted by atomic mass is 35.5. The largest absolute Gasteiger partial charge is 0.396 e. The molecule has 1 aromatic rings. The number of carbonyl (C=O) groups excluding carboxylic acids is 1. The van der Waals surface area contributed by atoms with Crippen LogP contribution in [0, 0.1) is 5.82 Å². The zero-order chi connectivity index (χ0) is 11.4. The third-order valence-electron chi connectivity index (χ3n) is 1.99. The zero-order valence-electron chi connectivity index (χ0n) is 8.20. The van der Waals surface area contributed by atoms with Crippen molar-refractivity contribution < 1.29 is 14.3 Å². The second-order valence-corrected chi connectivity index (χ2v) is 3.43. The lowest BCUT2D eigenvalue weighted by Gasteiger charge is -2.17. The number of hydrogen-bond donors (Lipinski definition) is 1. The van der Waals surface area contributed by atoms with Gasteiger partial charge in [0.15, 0.2) is 0 Å². The first-order valence-electron chi connectivity index (χ1n) is 4.38. The molecular formula is C10H11ClFNO2. The first kappa shape index (κ1) is 11.9. The Morgan fingerprint density at radius 2 is 2.27 bits per heavy atom. The highest BCUT2D eigenvalue weighted by Gasteiger charge is 2.11. The molecule has 3 nitrogen and oxygen atoms in total. The van der Waals surface area contributed by atoms with Gasteiger partial charge >= 0.3 is 0 Å². The summed E-state index contributed by atoms with van der Waals surface area (Å²) >= 11 is 5.58. The first-order chi connectivity index (χ1) is 7.06. The number of nitrogens with zero attached hydrogens (tertiary/aromatic N) is 1. The van der Waals surface area contributed by atoms with Crippen LogP contribution in [0.1, 0.15) is 6.42 Å². The molecule has 0 spiro atoms. The second kappa shape index (κ2) is 5.09. The van der Waals surface area contributed by atoms with Gasteiger partial charge in [-0.15, -0.1) is 0 Å². The van der Waals surface area contributed by atoms with E-state index in [0.717, 1.165) is 0 Å². The van der Waals surface area contributed by atoms with Gasteiger partial charge in [0.2, 0.25) is 5.91 Å². The van der Waals surface area contributed by atoms with Crippen LogP contribution < -0.4 is 4.90 Å². The summed E-state index contributed by atoms with van der Waals surface area (Å²) in [6.07, 6.45) is 0.0332. The first-order valence-corrected chi connectivity index (χ1v) is 4.76. The van der Waals surface area contributed by atoms with Gasteiger partial charge in [-0.2, -0.15) is 0 Å². The summed E-state index contributed by atoms with van der Waals surface area (Å²) in [5.41, 5.74) is 0.500. The van der Waals surface area contributed by atoms with Crippen molar-refractivity contribution in [1.29, 1.82) is 0 Å². The molecule has 0 radical (unpaired) electrons. The quantitative estimate of drug-likeness (QED) is 0.862. The predicted molar refractivity (Wildman–Crippen MR) is 56.5 cm³/mol. The van der Waals surface area contributed by atoms with Crippen LogP contribution in [0.5, 0.6) is 0 Å². The topological polar surface area (TPSA) is 40.5 Å². The third-order valence-corrected chi connectivity index (χ3v) is 2.28. The highest BCUT2D eigenvalue weighted by Crippen LogP contribution is 2.22. The molecule has 0 heterocycles. The van der Waals surface area contributed by atoms with E-state index in [9.17, 15) is 9.18 Å². The summed E-state index contributed by atoms with van der Waals surface area (Å²) in [4.78, 5) is 12.7. The fourth-order valence-corrected chi connectivity index (χ4v) is 1.28. The number of benzene rings is 1. The molecule has 0 aliphatic carbocycles. The van der Waals surface area contributed by atoms with Crippen molar-refractivity contribution in [2.24, 2.45) is 0 Å². The van der Waals surface area contributed by atoms with E-state index < -0.39 is 5.82 Å². The Hall–Kier alpha value is -1.13. The van der Waals surface area contributed by atoms with Gasteiger partial charge in [-0.25, -0.2) is 4.39 Å². The van der Waals surface area contributed by atoms with Crippen molar-refractivity contribution in [3.63, 3.8) is 0 Å². The van der Waals surface area contributed by atoms with Crippen LogP contribution in [0.15, 0.2) is 18.2 Å². The number of anilines is 1. The molecule has 1 N–H and O–H groups in total. The molecule has 1 amide bonds. The molecule has 0 aromatic heterocycles. The van der Waals surface area contributed by atoms with E-state index in [0.29, 0.717) is 5.69 Å². The fourth-order valence-electron chi connectivity index (χ4n) is 1.10. The van der Waals surface area contributed by atoms with Crippen molar-refractivity contribution in [1.82, 2.24) is 0 Å². The van der Waals surface area contributed by atoms with Gasteiger partial charge in [0.25, 0.3) is 0 Å². The number of aliphatic hydroxyl groups excluding tert-OH is 1. The Balaban J connectivity index is 2.86. The van der Waals surface area contributed by atoms with Crippen LogP contribution in [-0.2, 0) is 4.79 Å². The lowest BCUT2D eigenvalue weighted by atomic mass is 10.2. The molecule has 0 atom stereocenters. The molecule has 5 heteroatoms. The Kier molecular flexibility index (Phi) is 4.05. The van der Waals surface area contributed by atoms with Crippen molar-refractivity contribution in [3.05, 3.63) is 29.0 Å². The van der Waals surface area contributed by atoms with Gasteiger partial charge in [0.05, 0.1) is 18.1 Å². The monoisotopic (exact) mass is 231 g/mol. The molecule has 15 heavy (non-hydrogen) atoms. The third kappa shape index (κ3) is 2.91. The highest BCUT2D eigenvalue weighted by molar-refractivity contribution is 6.31. The van der Waals surface area contributed by atoms with E-state index in [1.807, 2.05) is 0 Å². The SMILES string of the molecule is CN(C(=O)CCO)c1ccc(F)c(Cl)c1. The Morgan fingerprint density at radius 3 is 2.80 bits per heavy atom. The number of aliphatic hydroxyl groups is 1.